The van der Waals surface area contributed by atoms with Gasteiger partial charge in [0.1, 0.15) is 0 Å². The molecule has 0 aliphatic rings. The predicted octanol–water partition coefficient (Wildman–Crippen LogP) is 9.51. The number of aromatic nitrogens is 3. The number of hydrogen-bond donors (Lipinski definition) is 0. The molecule has 0 radical (unpaired) electrons. The van der Waals surface area contributed by atoms with Crippen molar-refractivity contribution in [2.45, 2.75) is 0 Å². The fourth-order valence-corrected chi connectivity index (χ4v) is 4.85. The van der Waals surface area contributed by atoms with Crippen LogP contribution < -0.4 is 0 Å². The van der Waals surface area contributed by atoms with Crippen molar-refractivity contribution < 1.29 is 0 Å². The SMILES string of the molecule is Clc1cc(-c2ccccc2)cc(-c2nc(-c3ccccc3)nc(-c3cc(Cl)cc(-c4ccccc4)c3)n2)c1. The van der Waals surface area contributed by atoms with Crippen LogP contribution in [0.1, 0.15) is 0 Å². The highest BCUT2D eigenvalue weighted by Gasteiger charge is 2.15. The molecule has 182 valence electrons. The average molecular weight is 530 g/mol. The number of nitrogens with zero attached hydrogens (tertiary/aromatic N) is 3. The van der Waals surface area contributed by atoms with Gasteiger partial charge < -0.3 is 0 Å². The van der Waals surface area contributed by atoms with Crippen molar-refractivity contribution in [2.24, 2.45) is 0 Å². The van der Waals surface area contributed by atoms with E-state index in [0.29, 0.717) is 27.5 Å². The highest BCUT2D eigenvalue weighted by Crippen LogP contribution is 2.33. The van der Waals surface area contributed by atoms with Crippen molar-refractivity contribution in [2.75, 3.05) is 0 Å². The van der Waals surface area contributed by atoms with Crippen molar-refractivity contribution in [3.8, 4) is 56.4 Å². The van der Waals surface area contributed by atoms with E-state index in [1.807, 2.05) is 91.0 Å². The van der Waals surface area contributed by atoms with Crippen molar-refractivity contribution in [1.82, 2.24) is 15.0 Å². The zero-order chi connectivity index (χ0) is 25.9. The smallest absolute Gasteiger partial charge is 0.164 e. The van der Waals surface area contributed by atoms with Gasteiger partial charge in [-0.15, -0.1) is 0 Å². The van der Waals surface area contributed by atoms with Gasteiger partial charge in [-0.25, -0.2) is 15.0 Å². The fourth-order valence-electron chi connectivity index (χ4n) is 4.38. The third kappa shape index (κ3) is 5.21. The summed E-state index contributed by atoms with van der Waals surface area (Å²) in [5, 5.41) is 1.22. The van der Waals surface area contributed by atoms with Crippen LogP contribution in [-0.2, 0) is 0 Å². The molecule has 5 aromatic carbocycles. The van der Waals surface area contributed by atoms with Crippen molar-refractivity contribution in [3.05, 3.63) is 137 Å². The van der Waals surface area contributed by atoms with Gasteiger partial charge in [0, 0.05) is 26.7 Å². The Morgan fingerprint density at radius 2 is 0.632 bits per heavy atom. The van der Waals surface area contributed by atoms with Crippen molar-refractivity contribution >= 4 is 23.2 Å². The molecule has 0 saturated heterocycles. The molecule has 0 amide bonds. The molecular formula is C33H21Cl2N3. The van der Waals surface area contributed by atoms with Gasteiger partial charge in [0.15, 0.2) is 17.5 Å². The molecule has 6 rings (SSSR count). The lowest BCUT2D eigenvalue weighted by atomic mass is 10.0. The zero-order valence-corrected chi connectivity index (χ0v) is 21.7. The topological polar surface area (TPSA) is 38.7 Å². The Kier molecular flexibility index (Phi) is 6.70. The Bertz CT molecular complexity index is 1610. The summed E-state index contributed by atoms with van der Waals surface area (Å²) in [6.07, 6.45) is 0. The van der Waals surface area contributed by atoms with Crippen LogP contribution in [0.5, 0.6) is 0 Å². The first-order valence-electron chi connectivity index (χ1n) is 12.2. The molecule has 0 fully saturated rings. The fraction of sp³-hybridized carbons (Fsp3) is 0. The van der Waals surface area contributed by atoms with Crippen LogP contribution in [0.4, 0.5) is 0 Å². The maximum atomic E-state index is 6.58. The molecule has 3 nitrogen and oxygen atoms in total. The van der Waals surface area contributed by atoms with Crippen LogP contribution in [0.3, 0.4) is 0 Å². The lowest BCUT2D eigenvalue weighted by molar-refractivity contribution is 1.07. The Morgan fingerprint density at radius 3 is 1.03 bits per heavy atom. The Morgan fingerprint density at radius 1 is 0.316 bits per heavy atom. The van der Waals surface area contributed by atoms with Gasteiger partial charge >= 0.3 is 0 Å². The first-order chi connectivity index (χ1) is 18.6. The lowest BCUT2D eigenvalue weighted by Gasteiger charge is -2.11. The molecular weight excluding hydrogens is 509 g/mol. The standard InChI is InChI=1S/C33H21Cl2N3/c34-29-18-25(22-10-4-1-5-11-22)16-27(20-29)32-36-31(24-14-8-3-9-15-24)37-33(38-32)28-17-26(19-30(35)21-28)23-12-6-2-7-13-23/h1-21H. The summed E-state index contributed by atoms with van der Waals surface area (Å²) < 4.78 is 0. The van der Waals surface area contributed by atoms with Crippen LogP contribution in [0.15, 0.2) is 127 Å². The monoisotopic (exact) mass is 529 g/mol. The summed E-state index contributed by atoms with van der Waals surface area (Å²) in [4.78, 5) is 14.6. The van der Waals surface area contributed by atoms with E-state index < -0.39 is 0 Å². The van der Waals surface area contributed by atoms with E-state index >= 15 is 0 Å². The number of halogens is 2. The molecule has 0 atom stereocenters. The van der Waals surface area contributed by atoms with Crippen LogP contribution in [0, 0.1) is 0 Å². The second-order valence-corrected chi connectivity index (χ2v) is 9.73. The van der Waals surface area contributed by atoms with Gasteiger partial charge in [-0.3, -0.25) is 0 Å². The summed E-state index contributed by atoms with van der Waals surface area (Å²) in [5.41, 5.74) is 6.63. The van der Waals surface area contributed by atoms with Crippen LogP contribution in [-0.4, -0.2) is 15.0 Å². The molecule has 0 spiro atoms. The Balaban J connectivity index is 1.54. The molecule has 0 N–H and O–H groups in total. The summed E-state index contributed by atoms with van der Waals surface area (Å²) >= 11 is 13.2. The molecule has 6 aromatic rings. The van der Waals surface area contributed by atoms with Gasteiger partial charge in [-0.05, 0) is 58.7 Å². The van der Waals surface area contributed by atoms with E-state index in [4.69, 9.17) is 38.2 Å². The molecule has 0 aliphatic heterocycles. The van der Waals surface area contributed by atoms with Gasteiger partial charge in [-0.2, -0.15) is 0 Å². The van der Waals surface area contributed by atoms with E-state index in [-0.39, 0.29) is 0 Å². The molecule has 5 heteroatoms. The lowest BCUT2D eigenvalue weighted by Crippen LogP contribution is -2.00. The highest BCUT2D eigenvalue weighted by atomic mass is 35.5. The molecule has 0 aliphatic carbocycles. The number of rotatable bonds is 5. The minimum Gasteiger partial charge on any atom is -0.208 e. The van der Waals surface area contributed by atoms with E-state index in [2.05, 4.69) is 36.4 Å². The predicted molar refractivity (Wildman–Crippen MR) is 157 cm³/mol. The van der Waals surface area contributed by atoms with Crippen LogP contribution in [0.2, 0.25) is 10.0 Å². The summed E-state index contributed by atoms with van der Waals surface area (Å²) in [7, 11) is 0. The minimum atomic E-state index is 0.537. The van der Waals surface area contributed by atoms with E-state index in [0.717, 1.165) is 38.9 Å². The summed E-state index contributed by atoms with van der Waals surface area (Å²) in [5.74, 6) is 1.65. The van der Waals surface area contributed by atoms with Crippen LogP contribution in [0.25, 0.3) is 56.4 Å². The van der Waals surface area contributed by atoms with Gasteiger partial charge in [0.2, 0.25) is 0 Å². The zero-order valence-electron chi connectivity index (χ0n) is 20.2. The maximum absolute atomic E-state index is 6.58. The second-order valence-electron chi connectivity index (χ2n) is 8.86. The first kappa shape index (κ1) is 24.1. The van der Waals surface area contributed by atoms with Gasteiger partial charge in [0.05, 0.1) is 0 Å². The quantitative estimate of drug-likeness (QED) is 0.223. The van der Waals surface area contributed by atoms with Crippen molar-refractivity contribution in [3.63, 3.8) is 0 Å². The van der Waals surface area contributed by atoms with Gasteiger partial charge in [0.25, 0.3) is 0 Å². The van der Waals surface area contributed by atoms with E-state index in [9.17, 15) is 0 Å². The molecule has 38 heavy (non-hydrogen) atoms. The number of benzene rings is 5. The normalized spacial score (nSPS) is 10.9. The molecule has 1 aromatic heterocycles. The largest absolute Gasteiger partial charge is 0.208 e. The molecule has 0 bridgehead atoms. The third-order valence-corrected chi connectivity index (χ3v) is 6.63. The molecule has 1 heterocycles. The highest BCUT2D eigenvalue weighted by molar-refractivity contribution is 6.31. The minimum absolute atomic E-state index is 0.537. The second kappa shape index (κ2) is 10.6. The van der Waals surface area contributed by atoms with E-state index in [1.54, 1.807) is 0 Å². The van der Waals surface area contributed by atoms with Crippen molar-refractivity contribution in [1.29, 1.82) is 0 Å². The molecule has 0 unspecified atom stereocenters. The van der Waals surface area contributed by atoms with Gasteiger partial charge in [-0.1, -0.05) is 114 Å². The Hall–Kier alpha value is -4.31. The average Bonchev–Trinajstić information content (AvgIpc) is 2.97. The third-order valence-electron chi connectivity index (χ3n) is 6.19. The Labute approximate surface area is 231 Å². The molecule has 0 saturated carbocycles. The summed E-state index contributed by atoms with van der Waals surface area (Å²) in [6, 6.07) is 41.9. The number of hydrogen-bond acceptors (Lipinski definition) is 3. The van der Waals surface area contributed by atoms with E-state index in [1.165, 1.54) is 0 Å². The maximum Gasteiger partial charge on any atom is 0.164 e. The van der Waals surface area contributed by atoms with Crippen LogP contribution >= 0.6 is 23.2 Å². The first-order valence-corrected chi connectivity index (χ1v) is 12.9. The summed E-state index contributed by atoms with van der Waals surface area (Å²) in [6.45, 7) is 0.